The smallest absolute Gasteiger partial charge is 0.229 e. The van der Waals surface area contributed by atoms with Crippen LogP contribution in [0.25, 0.3) is 0 Å². The number of hydrogen-bond donors (Lipinski definition) is 2. The Balaban J connectivity index is 1.60. The minimum atomic E-state index is -0.417. The van der Waals surface area contributed by atoms with Crippen molar-refractivity contribution in [2.24, 2.45) is 5.41 Å². The highest BCUT2D eigenvalue weighted by molar-refractivity contribution is 5.85. The number of rotatable bonds is 8. The first-order chi connectivity index (χ1) is 13.4. The Morgan fingerprint density at radius 1 is 1.18 bits per heavy atom. The third kappa shape index (κ3) is 4.47. The molecule has 1 unspecified atom stereocenters. The molecule has 28 heavy (non-hydrogen) atoms. The molecule has 2 N–H and O–H groups in total. The van der Waals surface area contributed by atoms with Crippen LogP contribution in [0.2, 0.25) is 0 Å². The summed E-state index contributed by atoms with van der Waals surface area (Å²) in [6, 6.07) is 14.0. The zero-order valence-electron chi connectivity index (χ0n) is 17.2. The summed E-state index contributed by atoms with van der Waals surface area (Å²) in [5.74, 6) is 1.79. The van der Waals surface area contributed by atoms with Gasteiger partial charge in [0.05, 0.1) is 18.6 Å². The topological polar surface area (TPSA) is 59.6 Å². The molecule has 1 amide bonds. The maximum absolute atomic E-state index is 13.0. The van der Waals surface area contributed by atoms with Crippen LogP contribution < -0.4 is 20.1 Å². The molecule has 150 valence electrons. The van der Waals surface area contributed by atoms with E-state index >= 15 is 0 Å². The molecule has 0 aliphatic carbocycles. The number of hydrogen-bond acceptors (Lipinski definition) is 4. The minimum Gasteiger partial charge on any atom is -0.497 e. The van der Waals surface area contributed by atoms with Gasteiger partial charge in [0.2, 0.25) is 5.91 Å². The quantitative estimate of drug-likeness (QED) is 0.737. The lowest BCUT2D eigenvalue weighted by Gasteiger charge is -2.42. The van der Waals surface area contributed by atoms with E-state index < -0.39 is 5.41 Å². The van der Waals surface area contributed by atoms with Crippen LogP contribution in [0, 0.1) is 19.3 Å². The fourth-order valence-electron chi connectivity index (χ4n) is 3.62. The van der Waals surface area contributed by atoms with Crippen molar-refractivity contribution in [1.29, 1.82) is 0 Å². The summed E-state index contributed by atoms with van der Waals surface area (Å²) in [5, 5.41) is 6.40. The third-order valence-corrected chi connectivity index (χ3v) is 5.35. The molecule has 3 rings (SSSR count). The summed E-state index contributed by atoms with van der Waals surface area (Å²) in [7, 11) is 1.66. The number of ether oxygens (including phenoxy) is 2. The normalized spacial score (nSPS) is 16.0. The number of benzene rings is 2. The highest BCUT2D eigenvalue weighted by Crippen LogP contribution is 2.30. The molecule has 5 heteroatoms. The molecule has 1 aliphatic heterocycles. The minimum absolute atomic E-state index is 0.0747. The molecule has 1 fully saturated rings. The van der Waals surface area contributed by atoms with Gasteiger partial charge in [-0.1, -0.05) is 30.3 Å². The summed E-state index contributed by atoms with van der Waals surface area (Å²) in [4.78, 5) is 13.0. The Morgan fingerprint density at radius 2 is 1.86 bits per heavy atom. The van der Waals surface area contributed by atoms with Gasteiger partial charge in [0.25, 0.3) is 0 Å². The van der Waals surface area contributed by atoms with Gasteiger partial charge >= 0.3 is 0 Å². The Labute approximate surface area is 167 Å². The van der Waals surface area contributed by atoms with Gasteiger partial charge in [-0.15, -0.1) is 0 Å². The van der Waals surface area contributed by atoms with E-state index in [1.54, 1.807) is 7.11 Å². The molecule has 0 radical (unpaired) electrons. The first-order valence-electron chi connectivity index (χ1n) is 9.77. The molecule has 2 aromatic carbocycles. The van der Waals surface area contributed by atoms with Gasteiger partial charge in [-0.2, -0.15) is 0 Å². The zero-order valence-corrected chi connectivity index (χ0v) is 17.2. The second-order valence-corrected chi connectivity index (χ2v) is 7.82. The van der Waals surface area contributed by atoms with Gasteiger partial charge in [0.15, 0.2) is 0 Å². The van der Waals surface area contributed by atoms with Gasteiger partial charge in [0.1, 0.15) is 18.1 Å². The van der Waals surface area contributed by atoms with Crippen LogP contribution in [0.1, 0.15) is 23.6 Å². The number of carbonyl (C=O) groups excluding carboxylic acids is 1. The van der Waals surface area contributed by atoms with Crippen molar-refractivity contribution in [3.05, 3.63) is 59.2 Å². The largest absolute Gasteiger partial charge is 0.497 e. The van der Waals surface area contributed by atoms with E-state index in [4.69, 9.17) is 9.47 Å². The van der Waals surface area contributed by atoms with E-state index in [1.807, 2.05) is 63.2 Å². The highest BCUT2D eigenvalue weighted by Gasteiger charge is 2.44. The van der Waals surface area contributed by atoms with Crippen molar-refractivity contribution in [1.82, 2.24) is 10.6 Å². The van der Waals surface area contributed by atoms with E-state index in [0.29, 0.717) is 26.1 Å². The van der Waals surface area contributed by atoms with Crippen LogP contribution in [0.5, 0.6) is 11.5 Å². The van der Waals surface area contributed by atoms with Gasteiger partial charge < -0.3 is 20.1 Å². The molecule has 0 saturated carbocycles. The Hall–Kier alpha value is -2.53. The van der Waals surface area contributed by atoms with Gasteiger partial charge in [0, 0.05) is 13.1 Å². The summed E-state index contributed by atoms with van der Waals surface area (Å²) in [6.07, 6.45) is 0.688. The predicted octanol–water partition coefficient (Wildman–Crippen LogP) is 3.03. The molecule has 1 saturated heterocycles. The van der Waals surface area contributed by atoms with Crippen molar-refractivity contribution in [3.8, 4) is 11.5 Å². The highest BCUT2D eigenvalue weighted by atomic mass is 16.5. The molecule has 0 aromatic heterocycles. The second kappa shape index (κ2) is 8.65. The van der Waals surface area contributed by atoms with Crippen molar-refractivity contribution in [2.45, 2.75) is 33.2 Å². The first kappa shape index (κ1) is 20.2. The molecular formula is C23H30N2O3. The Bertz CT molecular complexity index is 810. The van der Waals surface area contributed by atoms with E-state index in [2.05, 4.69) is 10.6 Å². The van der Waals surface area contributed by atoms with E-state index in [0.717, 1.165) is 28.2 Å². The van der Waals surface area contributed by atoms with Crippen LogP contribution in [0.15, 0.2) is 42.5 Å². The first-order valence-corrected chi connectivity index (χ1v) is 9.77. The number of methoxy groups -OCH3 is 1. The third-order valence-electron chi connectivity index (χ3n) is 5.35. The summed E-state index contributed by atoms with van der Waals surface area (Å²) in [6.45, 7) is 7.86. The summed E-state index contributed by atoms with van der Waals surface area (Å²) < 4.78 is 11.3. The molecule has 5 nitrogen and oxygen atoms in total. The van der Waals surface area contributed by atoms with Crippen LogP contribution in [-0.2, 0) is 11.2 Å². The van der Waals surface area contributed by atoms with Crippen molar-refractivity contribution < 1.29 is 14.3 Å². The number of carbonyl (C=O) groups is 1. The average Bonchev–Trinajstić information content (AvgIpc) is 2.64. The molecular weight excluding hydrogens is 352 g/mol. The molecule has 2 aromatic rings. The second-order valence-electron chi connectivity index (χ2n) is 7.82. The fraction of sp³-hybridized carbons (Fsp3) is 0.435. The van der Waals surface area contributed by atoms with Gasteiger partial charge in [-0.3, -0.25) is 4.79 Å². The number of aryl methyl sites for hydroxylation is 2. The summed E-state index contributed by atoms with van der Waals surface area (Å²) in [5.41, 5.74) is 2.90. The standard InChI is InChI=1S/C23H30N2O3/c1-16-7-5-8-17(2)21(16)28-13-18(3)25-22(26)23(14-24-15-23)12-19-9-6-10-20(11-19)27-4/h5-11,18,24H,12-15H2,1-4H3,(H,25,26). The molecule has 0 spiro atoms. The molecule has 1 atom stereocenters. The van der Waals surface area contributed by atoms with Crippen LogP contribution in [0.4, 0.5) is 0 Å². The monoisotopic (exact) mass is 382 g/mol. The predicted molar refractivity (Wildman–Crippen MR) is 111 cm³/mol. The number of amides is 1. The van der Waals surface area contributed by atoms with Crippen molar-refractivity contribution >= 4 is 5.91 Å². The van der Waals surface area contributed by atoms with Crippen molar-refractivity contribution in [2.75, 3.05) is 26.8 Å². The molecule has 0 bridgehead atoms. The van der Waals surface area contributed by atoms with Crippen LogP contribution >= 0.6 is 0 Å². The van der Waals surface area contributed by atoms with Gasteiger partial charge in [-0.25, -0.2) is 0 Å². The molecule has 1 aliphatic rings. The zero-order chi connectivity index (χ0) is 20.1. The lowest BCUT2D eigenvalue weighted by molar-refractivity contribution is -0.134. The Morgan fingerprint density at radius 3 is 2.46 bits per heavy atom. The number of para-hydroxylation sites is 1. The maximum Gasteiger partial charge on any atom is 0.229 e. The lowest BCUT2D eigenvalue weighted by Crippen LogP contribution is -2.63. The van der Waals surface area contributed by atoms with Crippen molar-refractivity contribution in [3.63, 3.8) is 0 Å². The van der Waals surface area contributed by atoms with Gasteiger partial charge in [-0.05, 0) is 56.0 Å². The SMILES string of the molecule is COc1cccc(CC2(C(=O)NC(C)COc3c(C)cccc3C)CNC2)c1. The Kier molecular flexibility index (Phi) is 6.25. The average molecular weight is 383 g/mol. The van der Waals surface area contributed by atoms with Crippen LogP contribution in [-0.4, -0.2) is 38.8 Å². The lowest BCUT2D eigenvalue weighted by atomic mass is 9.75. The number of nitrogens with one attached hydrogen (secondary N) is 2. The maximum atomic E-state index is 13.0. The molecule has 1 heterocycles. The fourth-order valence-corrected chi connectivity index (χ4v) is 3.62. The summed E-state index contributed by atoms with van der Waals surface area (Å²) >= 11 is 0. The van der Waals surface area contributed by atoms with Crippen LogP contribution in [0.3, 0.4) is 0 Å². The van der Waals surface area contributed by atoms with E-state index in [-0.39, 0.29) is 11.9 Å². The van der Waals surface area contributed by atoms with E-state index in [1.165, 1.54) is 0 Å². The van der Waals surface area contributed by atoms with E-state index in [9.17, 15) is 4.79 Å².